The number of furan rings is 1. The number of anilines is 2. The Hall–Kier alpha value is -3.87. The Kier molecular flexibility index (Phi) is 4.19. The highest BCUT2D eigenvalue weighted by Crippen LogP contribution is 2.39. The van der Waals surface area contributed by atoms with Gasteiger partial charge in [0.05, 0.1) is 0 Å². The normalized spacial score (nSPS) is 13.7. The summed E-state index contributed by atoms with van der Waals surface area (Å²) in [7, 11) is 0. The smallest absolute Gasteiger partial charge is 0.345 e. The van der Waals surface area contributed by atoms with Crippen LogP contribution < -0.4 is 5.32 Å². The Morgan fingerprint density at radius 3 is 2.82 bits per heavy atom. The molecule has 0 radical (unpaired) electrons. The summed E-state index contributed by atoms with van der Waals surface area (Å²) in [5.41, 5.74) is 3.82. The van der Waals surface area contributed by atoms with Crippen LogP contribution in [0.5, 0.6) is 5.75 Å². The molecule has 0 spiro atoms. The van der Waals surface area contributed by atoms with E-state index < -0.39 is 11.7 Å². The zero-order valence-corrected chi connectivity index (χ0v) is 15.2. The van der Waals surface area contributed by atoms with Crippen molar-refractivity contribution >= 4 is 41.2 Å². The quantitative estimate of drug-likeness (QED) is 0.610. The number of aromatic carboxylic acids is 1. The van der Waals surface area contributed by atoms with Crippen LogP contribution in [0.3, 0.4) is 0 Å². The van der Waals surface area contributed by atoms with Gasteiger partial charge in [-0.1, -0.05) is 17.7 Å². The van der Waals surface area contributed by atoms with Gasteiger partial charge in [0.15, 0.2) is 22.9 Å². The molecule has 0 saturated heterocycles. The molecule has 0 unspecified atom stereocenters. The Morgan fingerprint density at radius 1 is 1.25 bits per heavy atom. The molecule has 4 rings (SSSR count). The summed E-state index contributed by atoms with van der Waals surface area (Å²) in [6.07, 6.45) is 4.78. The van der Waals surface area contributed by atoms with Gasteiger partial charge in [0, 0.05) is 29.2 Å². The lowest BCUT2D eigenvalue weighted by Crippen LogP contribution is -2.01. The molecule has 7 nitrogen and oxygen atoms in total. The fourth-order valence-electron chi connectivity index (χ4n) is 3.08. The number of pyridine rings is 1. The van der Waals surface area contributed by atoms with Crippen LogP contribution in [-0.2, 0) is 0 Å². The lowest BCUT2D eigenvalue weighted by molar-refractivity contribution is 0.0695. The van der Waals surface area contributed by atoms with Crippen molar-refractivity contribution in [3.8, 4) is 5.75 Å². The molecule has 1 aliphatic heterocycles. The van der Waals surface area contributed by atoms with Crippen molar-refractivity contribution in [3.63, 3.8) is 0 Å². The number of carboxylic acid groups (broad SMARTS) is 1. The lowest BCUT2D eigenvalue weighted by atomic mass is 10.1. The predicted molar refractivity (Wildman–Crippen MR) is 107 cm³/mol. The van der Waals surface area contributed by atoms with Gasteiger partial charge in [-0.3, -0.25) is 0 Å². The van der Waals surface area contributed by atoms with Crippen molar-refractivity contribution in [3.05, 3.63) is 64.5 Å². The first-order valence-corrected chi connectivity index (χ1v) is 8.58. The number of nitrogens with one attached hydrogen (secondary N) is 1. The molecule has 1 aromatic carbocycles. The molecule has 0 amide bonds. The van der Waals surface area contributed by atoms with Gasteiger partial charge in [0.25, 0.3) is 0 Å². The predicted octanol–water partition coefficient (Wildman–Crippen LogP) is 4.70. The molecule has 0 saturated carbocycles. The fourth-order valence-corrected chi connectivity index (χ4v) is 3.08. The molecular weight excluding hydrogens is 358 g/mol. The second-order valence-corrected chi connectivity index (χ2v) is 6.50. The molecule has 140 valence electrons. The lowest BCUT2D eigenvalue weighted by Gasteiger charge is -2.08. The molecule has 0 bridgehead atoms. The summed E-state index contributed by atoms with van der Waals surface area (Å²) >= 11 is 0. The maximum Gasteiger partial charge on any atom is 0.345 e. The zero-order valence-electron chi connectivity index (χ0n) is 15.2. The van der Waals surface area contributed by atoms with Gasteiger partial charge >= 0.3 is 5.97 Å². The van der Waals surface area contributed by atoms with E-state index in [9.17, 15) is 15.0 Å². The third-order valence-electron chi connectivity index (χ3n) is 4.46. The number of benzene rings is 1. The largest absolute Gasteiger partial charge is 0.504 e. The minimum Gasteiger partial charge on any atom is -0.504 e. The average Bonchev–Trinajstić information content (AvgIpc) is 3.19. The average molecular weight is 375 g/mol. The van der Waals surface area contributed by atoms with Crippen LogP contribution in [-0.4, -0.2) is 27.4 Å². The van der Waals surface area contributed by atoms with Crippen molar-refractivity contribution in [1.82, 2.24) is 4.98 Å². The number of nitrogens with zero attached hydrogens (tertiary/aromatic N) is 2. The van der Waals surface area contributed by atoms with E-state index in [0.717, 1.165) is 16.7 Å². The van der Waals surface area contributed by atoms with Crippen LogP contribution in [0.15, 0.2) is 45.9 Å². The second kappa shape index (κ2) is 6.70. The van der Waals surface area contributed by atoms with Crippen LogP contribution >= 0.6 is 0 Å². The molecule has 7 heteroatoms. The number of hydrogen-bond donors (Lipinski definition) is 3. The second-order valence-electron chi connectivity index (χ2n) is 6.50. The van der Waals surface area contributed by atoms with Crippen LogP contribution in [0.25, 0.3) is 11.6 Å². The highest BCUT2D eigenvalue weighted by molar-refractivity contribution is 6.21. The van der Waals surface area contributed by atoms with E-state index in [1.165, 1.54) is 0 Å². The fraction of sp³-hybridized carbons (Fsp3) is 0.0952. The van der Waals surface area contributed by atoms with Gasteiger partial charge in [0.1, 0.15) is 0 Å². The molecule has 3 heterocycles. The van der Waals surface area contributed by atoms with E-state index >= 15 is 0 Å². The topological polar surface area (TPSA) is 108 Å². The Labute approximate surface area is 160 Å². The summed E-state index contributed by atoms with van der Waals surface area (Å²) in [5, 5.41) is 23.0. The number of carbonyl (C=O) groups is 1. The van der Waals surface area contributed by atoms with Crippen LogP contribution in [0, 0.1) is 13.8 Å². The summed E-state index contributed by atoms with van der Waals surface area (Å²) in [6, 6.07) is 9.32. The number of aryl methyl sites for hydroxylation is 2. The number of fused-ring (bicyclic) bond motifs is 1. The van der Waals surface area contributed by atoms with Crippen LogP contribution in [0.4, 0.5) is 17.4 Å². The molecule has 0 fully saturated rings. The summed E-state index contributed by atoms with van der Waals surface area (Å²) in [5.74, 6) is -1.18. The minimum absolute atomic E-state index is 0.0304. The van der Waals surface area contributed by atoms with Gasteiger partial charge in [-0.2, -0.15) is 0 Å². The van der Waals surface area contributed by atoms with Crippen molar-refractivity contribution in [2.45, 2.75) is 13.8 Å². The number of allylic oxidation sites excluding steroid dienone is 1. The maximum absolute atomic E-state index is 11.7. The van der Waals surface area contributed by atoms with Crippen molar-refractivity contribution in [2.24, 2.45) is 4.99 Å². The van der Waals surface area contributed by atoms with Crippen molar-refractivity contribution < 1.29 is 19.4 Å². The number of aliphatic imine (C=N–C) groups is 1. The summed E-state index contributed by atoms with van der Waals surface area (Å²) in [6.45, 7) is 3.87. The molecule has 3 N–H and O–H groups in total. The van der Waals surface area contributed by atoms with Crippen LogP contribution in [0.2, 0.25) is 0 Å². The van der Waals surface area contributed by atoms with E-state index in [2.05, 4.69) is 15.3 Å². The molecule has 28 heavy (non-hydrogen) atoms. The monoisotopic (exact) mass is 375 g/mol. The molecule has 2 aromatic heterocycles. The summed E-state index contributed by atoms with van der Waals surface area (Å²) < 4.78 is 5.67. The third-order valence-corrected chi connectivity index (χ3v) is 4.46. The van der Waals surface area contributed by atoms with E-state index in [0.29, 0.717) is 17.1 Å². The number of hydrogen-bond acceptors (Lipinski definition) is 6. The van der Waals surface area contributed by atoms with E-state index in [1.54, 1.807) is 24.6 Å². The minimum atomic E-state index is -1.29. The third kappa shape index (κ3) is 3.03. The summed E-state index contributed by atoms with van der Waals surface area (Å²) in [4.78, 5) is 20.1. The van der Waals surface area contributed by atoms with Crippen molar-refractivity contribution in [2.75, 3.05) is 5.32 Å². The SMILES string of the molecule is Cc1ccc(Nc2oc(C=C3C=Nc4ncccc43)c(O)c2C(=O)O)c(C)c1. The number of aromatic hydroxyl groups is 1. The number of carboxylic acids is 1. The van der Waals surface area contributed by atoms with Gasteiger partial charge in [-0.25, -0.2) is 14.8 Å². The van der Waals surface area contributed by atoms with E-state index in [1.807, 2.05) is 38.1 Å². The first-order chi connectivity index (χ1) is 13.4. The molecule has 3 aromatic rings. The van der Waals surface area contributed by atoms with Gasteiger partial charge in [-0.15, -0.1) is 0 Å². The first kappa shape index (κ1) is 17.5. The van der Waals surface area contributed by atoms with Gasteiger partial charge in [-0.05, 0) is 43.7 Å². The maximum atomic E-state index is 11.7. The molecule has 0 aliphatic carbocycles. The Morgan fingerprint density at radius 2 is 2.07 bits per heavy atom. The molecular formula is C21H17N3O4. The van der Waals surface area contributed by atoms with Gasteiger partial charge < -0.3 is 19.9 Å². The number of aromatic nitrogens is 1. The van der Waals surface area contributed by atoms with Crippen molar-refractivity contribution in [1.29, 1.82) is 0 Å². The standard InChI is InChI=1S/C21H17N3O4/c1-11-5-6-15(12(2)8-11)24-20-17(21(26)27)18(25)16(28-20)9-13-10-23-19-14(13)4-3-7-22-19/h3-10,24-25H,1-2H3,(H,26,27). The molecule has 0 atom stereocenters. The Bertz CT molecular complexity index is 1160. The number of rotatable bonds is 4. The molecule has 1 aliphatic rings. The van der Waals surface area contributed by atoms with E-state index in [4.69, 9.17) is 4.42 Å². The van der Waals surface area contributed by atoms with E-state index in [-0.39, 0.29) is 17.2 Å². The van der Waals surface area contributed by atoms with Crippen LogP contribution in [0.1, 0.15) is 32.8 Å². The Balaban J connectivity index is 1.77. The highest BCUT2D eigenvalue weighted by atomic mass is 16.4. The zero-order chi connectivity index (χ0) is 19.8. The first-order valence-electron chi connectivity index (χ1n) is 8.58. The highest BCUT2D eigenvalue weighted by Gasteiger charge is 2.26. The van der Waals surface area contributed by atoms with Gasteiger partial charge in [0.2, 0.25) is 5.88 Å².